The number of anilines is 1. The Morgan fingerprint density at radius 3 is 2.49 bits per heavy atom. The summed E-state index contributed by atoms with van der Waals surface area (Å²) in [4.78, 5) is 20.4. The van der Waals surface area contributed by atoms with Gasteiger partial charge in [-0.05, 0) is 18.9 Å². The van der Waals surface area contributed by atoms with Crippen LogP contribution in [0, 0.1) is 17.2 Å². The molecule has 3 aromatic rings. The van der Waals surface area contributed by atoms with Crippen LogP contribution in [0.2, 0.25) is 0 Å². The quantitative estimate of drug-likeness (QED) is 0.457. The average Bonchev–Trinajstić information content (AvgIpc) is 3.25. The number of nitrogens with zero attached hydrogens (tertiary/aromatic N) is 7. The Balaban J connectivity index is 1.39. The van der Waals surface area contributed by atoms with Crippen molar-refractivity contribution in [2.24, 2.45) is 5.92 Å². The van der Waals surface area contributed by atoms with Gasteiger partial charge in [0.15, 0.2) is 10.8 Å². The van der Waals surface area contributed by atoms with Crippen LogP contribution in [-0.2, 0) is 25.7 Å². The number of alkyl halides is 3. The lowest BCUT2D eigenvalue weighted by Crippen LogP contribution is -2.53. The molecule has 1 N–H and O–H groups in total. The highest BCUT2D eigenvalue weighted by Crippen LogP contribution is 2.38. The van der Waals surface area contributed by atoms with Gasteiger partial charge in [0.1, 0.15) is 10.4 Å². The van der Waals surface area contributed by atoms with E-state index in [9.17, 15) is 31.6 Å². The van der Waals surface area contributed by atoms with Crippen LogP contribution in [0.25, 0.3) is 16.3 Å². The third-order valence-corrected chi connectivity index (χ3v) is 9.44. The van der Waals surface area contributed by atoms with Crippen LogP contribution >= 0.6 is 11.3 Å². The van der Waals surface area contributed by atoms with E-state index in [2.05, 4.69) is 19.9 Å². The summed E-state index contributed by atoms with van der Waals surface area (Å²) in [6, 6.07) is 3.44. The molecule has 0 bridgehead atoms. The molecule has 1 saturated carbocycles. The Morgan fingerprint density at radius 2 is 1.92 bits per heavy atom. The molecular formula is C22H21F3N8O4S2. The Labute approximate surface area is 224 Å². The van der Waals surface area contributed by atoms with Gasteiger partial charge >= 0.3 is 6.18 Å². The number of rotatable bonds is 6. The summed E-state index contributed by atoms with van der Waals surface area (Å²) in [5.74, 6) is -0.138. The lowest BCUT2D eigenvalue weighted by molar-refractivity contribution is -0.150. The number of ether oxygens (including phenoxy) is 1. The maximum absolute atomic E-state index is 13.3. The molecule has 0 radical (unpaired) electrons. The number of hydrogen-bond donors (Lipinski definition) is 1. The second-order valence-corrected chi connectivity index (χ2v) is 12.3. The van der Waals surface area contributed by atoms with Crippen LogP contribution in [0.1, 0.15) is 17.8 Å². The number of pyridine rings is 1. The van der Waals surface area contributed by atoms with E-state index in [1.807, 2.05) is 11.0 Å². The summed E-state index contributed by atoms with van der Waals surface area (Å²) in [5.41, 5.74) is -0.261. The molecule has 5 heterocycles. The van der Waals surface area contributed by atoms with Crippen molar-refractivity contribution in [1.82, 2.24) is 29.2 Å². The summed E-state index contributed by atoms with van der Waals surface area (Å²) in [6.07, 6.45) is -1.25. The number of aromatic nitrogens is 4. The number of carbonyl (C=O) groups is 1. The van der Waals surface area contributed by atoms with E-state index < -0.39 is 26.7 Å². The zero-order valence-electron chi connectivity index (χ0n) is 20.2. The number of fused-ring (bicyclic) bond motifs is 1. The molecule has 1 amide bonds. The third kappa shape index (κ3) is 4.71. The Bertz CT molecular complexity index is 1600. The molecule has 206 valence electrons. The van der Waals surface area contributed by atoms with Gasteiger partial charge in [0, 0.05) is 32.4 Å². The van der Waals surface area contributed by atoms with Gasteiger partial charge in [0.05, 0.1) is 42.6 Å². The van der Waals surface area contributed by atoms with Crippen molar-refractivity contribution < 1.29 is 31.1 Å². The third-order valence-electron chi connectivity index (χ3n) is 6.98. The standard InChI is InChI=1S/C22H21F3N8O4S2/c23-22(24,25)20-29-28-18(38-20)17-27-8-16-15(31-3-5-32(6-4-31)19(34)13-10-37-11-13)7-14(9-33(16)17)39(35,36)30-21(12-26)1-2-21/h7-9,13,30H,1-6,10-11H2. The average molecular weight is 583 g/mol. The Kier molecular flexibility index (Phi) is 6.06. The highest BCUT2D eigenvalue weighted by Gasteiger charge is 2.47. The number of sulfonamides is 1. The minimum absolute atomic E-state index is 0.00323. The first kappa shape index (κ1) is 25.9. The van der Waals surface area contributed by atoms with Gasteiger partial charge in [-0.15, -0.1) is 10.2 Å². The van der Waals surface area contributed by atoms with E-state index in [0.29, 0.717) is 74.8 Å². The van der Waals surface area contributed by atoms with Gasteiger partial charge < -0.3 is 14.5 Å². The highest BCUT2D eigenvalue weighted by atomic mass is 32.2. The summed E-state index contributed by atoms with van der Waals surface area (Å²) in [7, 11) is -4.19. The van der Waals surface area contributed by atoms with Crippen molar-refractivity contribution in [3.63, 3.8) is 0 Å². The second kappa shape index (κ2) is 9.11. The van der Waals surface area contributed by atoms with Crippen LogP contribution in [0.3, 0.4) is 0 Å². The molecule has 1 aliphatic carbocycles. The molecule has 3 aromatic heterocycles. The molecule has 39 heavy (non-hydrogen) atoms. The van der Waals surface area contributed by atoms with Crippen molar-refractivity contribution in [2.45, 2.75) is 29.5 Å². The van der Waals surface area contributed by atoms with Gasteiger partial charge in [0.2, 0.25) is 20.9 Å². The van der Waals surface area contributed by atoms with Gasteiger partial charge in [-0.25, -0.2) is 13.4 Å². The normalized spacial score (nSPS) is 19.6. The number of halogens is 3. The number of imidazole rings is 1. The van der Waals surface area contributed by atoms with Gasteiger partial charge in [-0.3, -0.25) is 9.20 Å². The molecular weight excluding hydrogens is 561 g/mol. The van der Waals surface area contributed by atoms with Crippen molar-refractivity contribution in [3.05, 3.63) is 23.5 Å². The minimum Gasteiger partial charge on any atom is -0.380 e. The van der Waals surface area contributed by atoms with Crippen molar-refractivity contribution in [3.8, 4) is 16.9 Å². The summed E-state index contributed by atoms with van der Waals surface area (Å²) in [5, 5.41) is 15.0. The molecule has 0 aromatic carbocycles. The number of piperazine rings is 1. The summed E-state index contributed by atoms with van der Waals surface area (Å²) < 4.78 is 75.1. The summed E-state index contributed by atoms with van der Waals surface area (Å²) >= 11 is 0.298. The van der Waals surface area contributed by atoms with Gasteiger partial charge in [-0.1, -0.05) is 11.3 Å². The maximum atomic E-state index is 13.3. The molecule has 2 saturated heterocycles. The first-order chi connectivity index (χ1) is 18.5. The first-order valence-corrected chi connectivity index (χ1v) is 14.3. The van der Waals surface area contributed by atoms with Crippen LogP contribution < -0.4 is 9.62 Å². The number of carbonyl (C=O) groups excluding carboxylic acids is 1. The molecule has 6 rings (SSSR count). The Hall–Kier alpha value is -3.33. The van der Waals surface area contributed by atoms with E-state index in [1.165, 1.54) is 22.9 Å². The summed E-state index contributed by atoms with van der Waals surface area (Å²) in [6.45, 7) is 2.40. The molecule has 0 spiro atoms. The van der Waals surface area contributed by atoms with Crippen molar-refractivity contribution in [1.29, 1.82) is 5.26 Å². The van der Waals surface area contributed by atoms with Crippen LogP contribution in [-0.4, -0.2) is 83.7 Å². The lowest BCUT2D eigenvalue weighted by Gasteiger charge is -2.39. The largest absolute Gasteiger partial charge is 0.445 e. The lowest BCUT2D eigenvalue weighted by atomic mass is 10.1. The molecule has 17 heteroatoms. The number of nitriles is 1. The van der Waals surface area contributed by atoms with Crippen LogP contribution in [0.5, 0.6) is 0 Å². The monoisotopic (exact) mass is 582 g/mol. The van der Waals surface area contributed by atoms with E-state index in [1.54, 1.807) is 4.90 Å². The Morgan fingerprint density at radius 1 is 1.21 bits per heavy atom. The number of amides is 1. The highest BCUT2D eigenvalue weighted by molar-refractivity contribution is 7.89. The SMILES string of the molecule is N#CC1(NS(=O)(=O)c2cc(N3CCN(C(=O)C4COC4)CC3)c3cnc(-c4nnc(C(F)(F)F)s4)n3c2)CC1. The predicted octanol–water partition coefficient (Wildman–Crippen LogP) is 1.50. The molecule has 0 unspecified atom stereocenters. The predicted molar refractivity (Wildman–Crippen MR) is 130 cm³/mol. The topological polar surface area (TPSA) is 146 Å². The van der Waals surface area contributed by atoms with E-state index in [4.69, 9.17) is 4.74 Å². The fourth-order valence-electron chi connectivity index (χ4n) is 4.52. The minimum atomic E-state index is -4.69. The van der Waals surface area contributed by atoms with Gasteiger partial charge in [0.25, 0.3) is 0 Å². The van der Waals surface area contributed by atoms with Crippen LogP contribution in [0.4, 0.5) is 18.9 Å². The van der Waals surface area contributed by atoms with Gasteiger partial charge in [-0.2, -0.15) is 23.2 Å². The number of nitrogens with one attached hydrogen (secondary N) is 1. The second-order valence-electron chi connectivity index (χ2n) is 9.65. The van der Waals surface area contributed by atoms with E-state index >= 15 is 0 Å². The van der Waals surface area contributed by atoms with Crippen LogP contribution in [0.15, 0.2) is 23.4 Å². The zero-order chi connectivity index (χ0) is 27.6. The fourth-order valence-corrected chi connectivity index (χ4v) is 6.62. The molecule has 2 aliphatic heterocycles. The maximum Gasteiger partial charge on any atom is 0.445 e. The zero-order valence-corrected chi connectivity index (χ0v) is 21.8. The molecule has 0 atom stereocenters. The van der Waals surface area contributed by atoms with E-state index in [0.717, 1.165) is 0 Å². The van der Waals surface area contributed by atoms with E-state index in [-0.39, 0.29) is 27.6 Å². The fraction of sp³-hybridized carbons (Fsp3) is 0.500. The van der Waals surface area contributed by atoms with Crippen molar-refractivity contribution in [2.75, 3.05) is 44.3 Å². The van der Waals surface area contributed by atoms with Crippen molar-refractivity contribution >= 4 is 38.5 Å². The molecule has 3 fully saturated rings. The molecule has 3 aliphatic rings. The first-order valence-electron chi connectivity index (χ1n) is 12.0. The smallest absolute Gasteiger partial charge is 0.380 e. The molecule has 12 nitrogen and oxygen atoms in total. The number of hydrogen-bond acceptors (Lipinski definition) is 10.